The number of amides is 2. The summed E-state index contributed by atoms with van der Waals surface area (Å²) < 4.78 is 7.33. The van der Waals surface area contributed by atoms with Gasteiger partial charge in [-0.15, -0.1) is 11.3 Å². The van der Waals surface area contributed by atoms with Crippen LogP contribution in [0.1, 0.15) is 56.7 Å². The summed E-state index contributed by atoms with van der Waals surface area (Å²) in [5, 5.41) is 3.44. The van der Waals surface area contributed by atoms with Crippen LogP contribution in [0.25, 0.3) is 5.65 Å². The number of nitrogens with zero attached hydrogens (tertiary/aromatic N) is 2. The molecule has 3 heterocycles. The van der Waals surface area contributed by atoms with Crippen LogP contribution in [-0.2, 0) is 12.8 Å². The summed E-state index contributed by atoms with van der Waals surface area (Å²) in [6, 6.07) is 3.64. The van der Waals surface area contributed by atoms with Gasteiger partial charge in [-0.25, -0.2) is 4.98 Å². The number of imidazole rings is 1. The molecule has 0 unspecified atom stereocenters. The van der Waals surface area contributed by atoms with E-state index in [0.29, 0.717) is 40.0 Å². The highest BCUT2D eigenvalue weighted by Crippen LogP contribution is 2.38. The summed E-state index contributed by atoms with van der Waals surface area (Å²) in [6.07, 6.45) is 5.64. The van der Waals surface area contributed by atoms with Crippen LogP contribution in [0.5, 0.6) is 5.75 Å². The zero-order valence-corrected chi connectivity index (χ0v) is 16.7. The quantitative estimate of drug-likeness (QED) is 0.689. The smallest absolute Gasteiger partial charge is 0.275 e. The second-order valence-corrected chi connectivity index (χ2v) is 7.88. The number of carbonyl (C=O) groups excluding carboxylic acids is 2. The van der Waals surface area contributed by atoms with E-state index in [2.05, 4.69) is 10.3 Å². The lowest BCUT2D eigenvalue weighted by molar-refractivity contribution is 0.100. The van der Waals surface area contributed by atoms with E-state index in [4.69, 9.17) is 10.5 Å². The topological polar surface area (TPSA) is 98.7 Å². The van der Waals surface area contributed by atoms with Crippen LogP contribution in [-0.4, -0.2) is 27.8 Å². The van der Waals surface area contributed by atoms with E-state index in [0.717, 1.165) is 36.1 Å². The number of nitrogens with one attached hydrogen (secondary N) is 1. The first-order valence-corrected chi connectivity index (χ1v) is 10.2. The first-order chi connectivity index (χ1) is 13.5. The molecule has 0 fully saturated rings. The van der Waals surface area contributed by atoms with Crippen LogP contribution in [0.2, 0.25) is 0 Å². The predicted molar refractivity (Wildman–Crippen MR) is 109 cm³/mol. The number of anilines is 1. The Bertz CT molecular complexity index is 1080. The number of hydrogen-bond donors (Lipinski definition) is 2. The maximum absolute atomic E-state index is 13.1. The maximum Gasteiger partial charge on any atom is 0.275 e. The van der Waals surface area contributed by atoms with Gasteiger partial charge in [-0.3, -0.25) is 14.0 Å². The zero-order valence-electron chi connectivity index (χ0n) is 15.9. The Hall–Kier alpha value is -2.87. The van der Waals surface area contributed by atoms with Gasteiger partial charge in [0.2, 0.25) is 0 Å². The number of nitrogens with two attached hydrogens (primary N) is 1. The summed E-state index contributed by atoms with van der Waals surface area (Å²) in [5.74, 6) is -0.195. The third-order valence-corrected chi connectivity index (χ3v) is 6.16. The standard InChI is InChI=1S/C20H22N4O3S/c1-3-27-13-8-6-10-24-16(11(2)22-18(13)24)19(26)23-20-15(17(21)25)12-7-4-5-9-14(12)28-20/h6,8,10H,3-5,7,9H2,1-2H3,(H2,21,25)(H,23,26). The number of thiophene rings is 1. The van der Waals surface area contributed by atoms with Crippen molar-refractivity contribution in [2.24, 2.45) is 5.73 Å². The molecule has 28 heavy (non-hydrogen) atoms. The normalized spacial score (nSPS) is 13.4. The Balaban J connectivity index is 1.74. The molecule has 0 saturated heterocycles. The number of primary amides is 1. The Kier molecular flexibility index (Phi) is 4.80. The van der Waals surface area contributed by atoms with E-state index < -0.39 is 5.91 Å². The van der Waals surface area contributed by atoms with E-state index in [1.807, 2.05) is 19.1 Å². The average Bonchev–Trinajstić information content (AvgIpc) is 3.19. The fraction of sp³-hybridized carbons (Fsp3) is 0.350. The second-order valence-electron chi connectivity index (χ2n) is 6.78. The SMILES string of the molecule is CCOc1cccn2c(C(=O)Nc3sc4c(c3C(N)=O)CCCC4)c(C)nc12. The molecule has 1 aliphatic carbocycles. The fourth-order valence-corrected chi connectivity index (χ4v) is 5.06. The number of hydrogen-bond acceptors (Lipinski definition) is 5. The molecule has 0 radical (unpaired) electrons. The second kappa shape index (κ2) is 7.27. The van der Waals surface area contributed by atoms with Crippen LogP contribution in [0.3, 0.4) is 0 Å². The molecule has 146 valence electrons. The van der Waals surface area contributed by atoms with Gasteiger partial charge in [0.25, 0.3) is 11.8 Å². The molecule has 0 aromatic carbocycles. The molecule has 0 aliphatic heterocycles. The van der Waals surface area contributed by atoms with Gasteiger partial charge in [0.1, 0.15) is 10.7 Å². The van der Waals surface area contributed by atoms with Crippen LogP contribution < -0.4 is 15.8 Å². The van der Waals surface area contributed by atoms with Gasteiger partial charge in [0.15, 0.2) is 11.4 Å². The molecule has 3 aromatic rings. The molecule has 3 N–H and O–H groups in total. The van der Waals surface area contributed by atoms with Crippen molar-refractivity contribution < 1.29 is 14.3 Å². The van der Waals surface area contributed by atoms with Crippen LogP contribution in [0.4, 0.5) is 5.00 Å². The highest BCUT2D eigenvalue weighted by atomic mass is 32.1. The summed E-state index contributed by atoms with van der Waals surface area (Å²) in [4.78, 5) is 30.8. The molecule has 0 spiro atoms. The van der Waals surface area contributed by atoms with Gasteiger partial charge in [-0.05, 0) is 57.2 Å². The monoisotopic (exact) mass is 398 g/mol. The van der Waals surface area contributed by atoms with E-state index in [1.54, 1.807) is 17.5 Å². The Morgan fingerprint density at radius 2 is 2.14 bits per heavy atom. The summed E-state index contributed by atoms with van der Waals surface area (Å²) >= 11 is 1.45. The number of pyridine rings is 1. The molecule has 0 saturated carbocycles. The molecule has 3 aromatic heterocycles. The highest BCUT2D eigenvalue weighted by molar-refractivity contribution is 7.17. The Labute approximate surface area is 166 Å². The van der Waals surface area contributed by atoms with Crippen molar-refractivity contribution in [3.05, 3.63) is 45.7 Å². The number of aryl methyl sites for hydroxylation is 2. The highest BCUT2D eigenvalue weighted by Gasteiger charge is 2.26. The van der Waals surface area contributed by atoms with Crippen molar-refractivity contribution in [1.82, 2.24) is 9.38 Å². The third kappa shape index (κ3) is 3.03. The average molecular weight is 398 g/mol. The Morgan fingerprint density at radius 3 is 2.89 bits per heavy atom. The number of carbonyl (C=O) groups is 2. The third-order valence-electron chi connectivity index (χ3n) is 4.95. The molecular weight excluding hydrogens is 376 g/mol. The number of aromatic nitrogens is 2. The van der Waals surface area contributed by atoms with E-state index >= 15 is 0 Å². The molecule has 2 amide bonds. The summed E-state index contributed by atoms with van der Waals surface area (Å²) in [6.45, 7) is 4.19. The van der Waals surface area contributed by atoms with Gasteiger partial charge in [0.05, 0.1) is 17.9 Å². The minimum Gasteiger partial charge on any atom is -0.490 e. The van der Waals surface area contributed by atoms with Crippen molar-refractivity contribution in [2.75, 3.05) is 11.9 Å². The molecule has 8 heteroatoms. The summed E-state index contributed by atoms with van der Waals surface area (Å²) in [7, 11) is 0. The first kappa shape index (κ1) is 18.5. The summed E-state index contributed by atoms with van der Waals surface area (Å²) in [5.41, 5.74) is 8.67. The van der Waals surface area contributed by atoms with Crippen molar-refractivity contribution >= 4 is 33.8 Å². The van der Waals surface area contributed by atoms with Gasteiger partial charge >= 0.3 is 0 Å². The lowest BCUT2D eigenvalue weighted by Crippen LogP contribution is -2.20. The number of ether oxygens (including phenoxy) is 1. The Morgan fingerprint density at radius 1 is 1.36 bits per heavy atom. The molecule has 7 nitrogen and oxygen atoms in total. The molecule has 0 atom stereocenters. The van der Waals surface area contributed by atoms with Crippen molar-refractivity contribution in [1.29, 1.82) is 0 Å². The fourth-order valence-electron chi connectivity index (χ4n) is 3.77. The van der Waals surface area contributed by atoms with Crippen LogP contribution in [0.15, 0.2) is 18.3 Å². The van der Waals surface area contributed by atoms with Gasteiger partial charge in [0, 0.05) is 11.1 Å². The van der Waals surface area contributed by atoms with Crippen molar-refractivity contribution in [3.63, 3.8) is 0 Å². The van der Waals surface area contributed by atoms with Crippen LogP contribution >= 0.6 is 11.3 Å². The lowest BCUT2D eigenvalue weighted by atomic mass is 9.95. The maximum atomic E-state index is 13.1. The molecular formula is C20H22N4O3S. The van der Waals surface area contributed by atoms with E-state index in [9.17, 15) is 9.59 Å². The molecule has 0 bridgehead atoms. The van der Waals surface area contributed by atoms with Gasteiger partial charge in [-0.1, -0.05) is 0 Å². The van der Waals surface area contributed by atoms with Crippen molar-refractivity contribution in [2.45, 2.75) is 39.5 Å². The predicted octanol–water partition coefficient (Wildman–Crippen LogP) is 3.33. The van der Waals surface area contributed by atoms with Crippen LogP contribution in [0, 0.1) is 6.92 Å². The van der Waals surface area contributed by atoms with Crippen molar-refractivity contribution in [3.8, 4) is 5.75 Å². The van der Waals surface area contributed by atoms with E-state index in [1.165, 1.54) is 11.3 Å². The first-order valence-electron chi connectivity index (χ1n) is 9.37. The zero-order chi connectivity index (χ0) is 19.8. The minimum absolute atomic E-state index is 0.320. The molecule has 4 rings (SSSR count). The van der Waals surface area contributed by atoms with Gasteiger partial charge in [-0.2, -0.15) is 0 Å². The van der Waals surface area contributed by atoms with Gasteiger partial charge < -0.3 is 15.8 Å². The molecule has 1 aliphatic rings. The number of fused-ring (bicyclic) bond motifs is 2. The largest absolute Gasteiger partial charge is 0.490 e. The minimum atomic E-state index is -0.497. The lowest BCUT2D eigenvalue weighted by Gasteiger charge is -2.11. The van der Waals surface area contributed by atoms with E-state index in [-0.39, 0.29) is 5.91 Å². The number of rotatable bonds is 5.